The third-order valence-corrected chi connectivity index (χ3v) is 10.4. The van der Waals surface area contributed by atoms with Gasteiger partial charge in [-0.2, -0.15) is 17.5 Å². The van der Waals surface area contributed by atoms with Crippen LogP contribution in [0.5, 0.6) is 0 Å². The standard InChI is InChI=1S/C32H39F3N4O3S/c1-6-38-26-14-13-25(20(3)29(26)36)28(31(4,5)30(37)40)22-10-9-19(2)23(16-22)18-39-15-7-8-21-11-12-24(32(33,34)35)17-27(21)43(39,41)42/h9-14,16-17,28,38H,6-8,15,18,36H2,1-5H3,(H2,37,40)/t28-/m0/s1. The molecule has 1 heterocycles. The molecule has 0 unspecified atom stereocenters. The van der Waals surface area contributed by atoms with E-state index in [1.807, 2.05) is 51.1 Å². The van der Waals surface area contributed by atoms with E-state index < -0.39 is 39.0 Å². The Morgan fingerprint density at radius 3 is 2.40 bits per heavy atom. The molecule has 0 spiro atoms. The van der Waals surface area contributed by atoms with E-state index in [0.29, 0.717) is 36.2 Å². The molecule has 0 bridgehead atoms. The maximum Gasteiger partial charge on any atom is 0.416 e. The predicted octanol–water partition coefficient (Wildman–Crippen LogP) is 6.12. The molecule has 0 fully saturated rings. The molecular formula is C32H39F3N4O3S. The number of carbonyl (C=O) groups excluding carboxylic acids is 1. The number of nitrogens with two attached hydrogens (primary N) is 2. The number of fused-ring (bicyclic) bond motifs is 1. The lowest BCUT2D eigenvalue weighted by Gasteiger charge is -2.34. The number of rotatable bonds is 8. The Balaban J connectivity index is 1.81. The maximum absolute atomic E-state index is 13.8. The van der Waals surface area contributed by atoms with Crippen molar-refractivity contribution >= 4 is 27.3 Å². The molecule has 3 aromatic carbocycles. The van der Waals surface area contributed by atoms with E-state index in [2.05, 4.69) is 5.32 Å². The first-order valence-electron chi connectivity index (χ1n) is 14.2. The van der Waals surface area contributed by atoms with Gasteiger partial charge < -0.3 is 16.8 Å². The van der Waals surface area contributed by atoms with Gasteiger partial charge in [0.1, 0.15) is 0 Å². The summed E-state index contributed by atoms with van der Waals surface area (Å²) >= 11 is 0. The zero-order chi connectivity index (χ0) is 31.9. The minimum Gasteiger partial charge on any atom is -0.397 e. The second kappa shape index (κ2) is 11.8. The van der Waals surface area contributed by atoms with Crippen LogP contribution in [0.3, 0.4) is 0 Å². The van der Waals surface area contributed by atoms with Gasteiger partial charge >= 0.3 is 6.18 Å². The van der Waals surface area contributed by atoms with Crippen molar-refractivity contribution in [1.29, 1.82) is 0 Å². The molecule has 4 rings (SSSR count). The minimum atomic E-state index is -4.67. The number of hydrogen-bond acceptors (Lipinski definition) is 5. The summed E-state index contributed by atoms with van der Waals surface area (Å²) < 4.78 is 69.2. The lowest BCUT2D eigenvalue weighted by Crippen LogP contribution is -2.38. The van der Waals surface area contributed by atoms with Crippen LogP contribution in [0.4, 0.5) is 24.5 Å². The molecule has 0 aliphatic carbocycles. The number of sulfonamides is 1. The van der Waals surface area contributed by atoms with Gasteiger partial charge in [0.25, 0.3) is 0 Å². The Morgan fingerprint density at radius 2 is 1.77 bits per heavy atom. The van der Waals surface area contributed by atoms with Gasteiger partial charge in [-0.25, -0.2) is 8.42 Å². The number of hydrogen-bond donors (Lipinski definition) is 3. The Kier molecular flexibility index (Phi) is 8.91. The normalized spacial score (nSPS) is 16.3. The highest BCUT2D eigenvalue weighted by molar-refractivity contribution is 7.89. The number of alkyl halides is 3. The SMILES string of the molecule is CCNc1ccc([C@H](c2ccc(C)c(CN3CCCc4ccc(C(F)(F)F)cc4S3(=O)=O)c2)C(C)(C)C(N)=O)c(C)c1N. The first-order chi connectivity index (χ1) is 20.0. The smallest absolute Gasteiger partial charge is 0.397 e. The highest BCUT2D eigenvalue weighted by Gasteiger charge is 2.39. The molecule has 1 aliphatic rings. The van der Waals surface area contributed by atoms with E-state index in [1.54, 1.807) is 13.8 Å². The zero-order valence-corrected chi connectivity index (χ0v) is 25.9. The quantitative estimate of drug-likeness (QED) is 0.264. The van der Waals surface area contributed by atoms with Gasteiger partial charge in [0, 0.05) is 25.6 Å². The average Bonchev–Trinajstić information content (AvgIpc) is 3.04. The third-order valence-electron chi connectivity index (χ3n) is 8.51. The lowest BCUT2D eigenvalue weighted by molar-refractivity contribution is -0.137. The second-order valence-corrected chi connectivity index (χ2v) is 13.6. The van der Waals surface area contributed by atoms with Crippen molar-refractivity contribution in [2.75, 3.05) is 24.1 Å². The summed E-state index contributed by atoms with van der Waals surface area (Å²) in [6.07, 6.45) is -3.86. The highest BCUT2D eigenvalue weighted by atomic mass is 32.2. The number of halogens is 3. The fourth-order valence-electron chi connectivity index (χ4n) is 5.81. The molecule has 232 valence electrons. The van der Waals surface area contributed by atoms with Crippen molar-refractivity contribution in [1.82, 2.24) is 4.31 Å². The zero-order valence-electron chi connectivity index (χ0n) is 25.1. The van der Waals surface area contributed by atoms with Gasteiger partial charge in [-0.1, -0.05) is 44.2 Å². The number of amides is 1. The maximum atomic E-state index is 13.8. The van der Waals surface area contributed by atoms with Gasteiger partial charge in [0.15, 0.2) is 0 Å². The molecule has 1 amide bonds. The molecule has 0 aromatic heterocycles. The van der Waals surface area contributed by atoms with Gasteiger partial charge in [0.2, 0.25) is 15.9 Å². The van der Waals surface area contributed by atoms with Crippen molar-refractivity contribution in [3.63, 3.8) is 0 Å². The molecule has 5 N–H and O–H groups in total. The van der Waals surface area contributed by atoms with E-state index in [-0.39, 0.29) is 18.0 Å². The number of nitrogens with one attached hydrogen (secondary N) is 1. The molecule has 0 saturated carbocycles. The summed E-state index contributed by atoms with van der Waals surface area (Å²) in [6, 6.07) is 12.3. The van der Waals surface area contributed by atoms with Crippen LogP contribution in [0.25, 0.3) is 0 Å². The van der Waals surface area contributed by atoms with Crippen LogP contribution in [-0.4, -0.2) is 31.7 Å². The number of nitrogens with zero attached hydrogens (tertiary/aromatic N) is 1. The summed E-state index contributed by atoms with van der Waals surface area (Å²) in [5.74, 6) is -1.03. The second-order valence-electron chi connectivity index (χ2n) is 11.7. The van der Waals surface area contributed by atoms with Crippen LogP contribution in [-0.2, 0) is 34.0 Å². The van der Waals surface area contributed by atoms with E-state index in [0.717, 1.165) is 40.1 Å². The molecular weight excluding hydrogens is 577 g/mol. The molecule has 0 radical (unpaired) electrons. The van der Waals surface area contributed by atoms with Crippen molar-refractivity contribution < 1.29 is 26.4 Å². The van der Waals surface area contributed by atoms with Gasteiger partial charge in [-0.3, -0.25) is 4.79 Å². The predicted molar refractivity (Wildman–Crippen MR) is 163 cm³/mol. The Bertz CT molecular complexity index is 1650. The first kappa shape index (κ1) is 32.3. The first-order valence-corrected chi connectivity index (χ1v) is 15.7. The third kappa shape index (κ3) is 6.24. The van der Waals surface area contributed by atoms with E-state index in [1.165, 1.54) is 10.4 Å². The van der Waals surface area contributed by atoms with Crippen molar-refractivity contribution in [3.05, 3.63) is 87.5 Å². The minimum absolute atomic E-state index is 0.0398. The van der Waals surface area contributed by atoms with Crippen LogP contribution >= 0.6 is 0 Å². The molecule has 43 heavy (non-hydrogen) atoms. The van der Waals surface area contributed by atoms with Crippen molar-refractivity contribution in [2.24, 2.45) is 11.1 Å². The van der Waals surface area contributed by atoms with E-state index >= 15 is 0 Å². The number of carbonyl (C=O) groups is 1. The molecule has 0 saturated heterocycles. The Labute approximate surface area is 251 Å². The van der Waals surface area contributed by atoms with Crippen LogP contribution < -0.4 is 16.8 Å². The summed E-state index contributed by atoms with van der Waals surface area (Å²) in [7, 11) is -4.23. The Morgan fingerprint density at radius 1 is 1.07 bits per heavy atom. The fraction of sp³-hybridized carbons (Fsp3) is 0.406. The largest absolute Gasteiger partial charge is 0.416 e. The molecule has 7 nitrogen and oxygen atoms in total. The monoisotopic (exact) mass is 616 g/mol. The van der Waals surface area contributed by atoms with Crippen LogP contribution in [0.2, 0.25) is 0 Å². The van der Waals surface area contributed by atoms with Gasteiger partial charge in [0.05, 0.1) is 27.2 Å². The van der Waals surface area contributed by atoms with Crippen LogP contribution in [0.1, 0.15) is 72.1 Å². The molecule has 11 heteroatoms. The van der Waals surface area contributed by atoms with Crippen molar-refractivity contribution in [2.45, 2.75) is 71.0 Å². The highest BCUT2D eigenvalue weighted by Crippen LogP contribution is 2.45. The summed E-state index contributed by atoms with van der Waals surface area (Å²) in [6.45, 7) is 10.0. The Hall–Kier alpha value is -3.57. The number of anilines is 2. The number of aryl methyl sites for hydroxylation is 2. The molecule has 1 aliphatic heterocycles. The van der Waals surface area contributed by atoms with Crippen LogP contribution in [0.15, 0.2) is 53.4 Å². The van der Waals surface area contributed by atoms with Gasteiger partial charge in [-0.05, 0) is 85.2 Å². The van der Waals surface area contributed by atoms with E-state index in [4.69, 9.17) is 11.5 Å². The number of benzene rings is 3. The number of primary amides is 1. The summed E-state index contributed by atoms with van der Waals surface area (Å²) in [5, 5.41) is 3.24. The molecule has 3 aromatic rings. The summed E-state index contributed by atoms with van der Waals surface area (Å²) in [4.78, 5) is 12.5. The molecule has 1 atom stereocenters. The lowest BCUT2D eigenvalue weighted by atomic mass is 9.69. The summed E-state index contributed by atoms with van der Waals surface area (Å²) in [5.41, 5.74) is 15.9. The van der Waals surface area contributed by atoms with E-state index in [9.17, 15) is 26.4 Å². The average molecular weight is 617 g/mol. The topological polar surface area (TPSA) is 119 Å². The van der Waals surface area contributed by atoms with Crippen LogP contribution in [0, 0.1) is 19.3 Å². The number of nitrogen functional groups attached to an aromatic ring is 1. The van der Waals surface area contributed by atoms with Crippen molar-refractivity contribution in [3.8, 4) is 0 Å². The van der Waals surface area contributed by atoms with Gasteiger partial charge in [-0.15, -0.1) is 0 Å². The fourth-order valence-corrected chi connectivity index (χ4v) is 7.54.